The summed E-state index contributed by atoms with van der Waals surface area (Å²) in [6, 6.07) is 11.0. The number of ether oxygens (including phenoxy) is 1. The molecule has 2 fully saturated rings. The Morgan fingerprint density at radius 2 is 1.77 bits per heavy atom. The van der Waals surface area contributed by atoms with E-state index in [2.05, 4.69) is 29.6 Å². The van der Waals surface area contributed by atoms with E-state index >= 15 is 0 Å². The summed E-state index contributed by atoms with van der Waals surface area (Å²) in [4.78, 5) is 22.9. The average Bonchev–Trinajstić information content (AvgIpc) is 3.01. The molecular formula is C21H29F3N2O4. The molecule has 1 heterocycles. The monoisotopic (exact) mass is 430 g/mol. The number of aliphatic carboxylic acids is 1. The van der Waals surface area contributed by atoms with Gasteiger partial charge in [-0.05, 0) is 39.2 Å². The number of amides is 1. The van der Waals surface area contributed by atoms with Gasteiger partial charge in [-0.3, -0.25) is 0 Å². The molecule has 30 heavy (non-hydrogen) atoms. The first-order valence-electron chi connectivity index (χ1n) is 9.88. The summed E-state index contributed by atoms with van der Waals surface area (Å²) in [5, 5.41) is 10.8. The molecule has 1 aromatic carbocycles. The van der Waals surface area contributed by atoms with E-state index in [1.165, 1.54) is 24.8 Å². The number of nitrogens with one attached hydrogen (secondary N) is 1. The third-order valence-electron chi connectivity index (χ3n) is 5.21. The predicted octanol–water partition coefficient (Wildman–Crippen LogP) is 4.20. The van der Waals surface area contributed by atoms with Crippen LogP contribution in [0.5, 0.6) is 0 Å². The number of carbonyl (C=O) groups is 2. The molecule has 0 bridgehead atoms. The van der Waals surface area contributed by atoms with Crippen molar-refractivity contribution in [2.24, 2.45) is 5.41 Å². The van der Waals surface area contributed by atoms with Gasteiger partial charge >= 0.3 is 18.2 Å². The quantitative estimate of drug-likeness (QED) is 0.752. The van der Waals surface area contributed by atoms with Gasteiger partial charge in [0, 0.05) is 31.1 Å². The van der Waals surface area contributed by atoms with Crippen molar-refractivity contribution in [2.75, 3.05) is 13.1 Å². The highest BCUT2D eigenvalue weighted by molar-refractivity contribution is 5.73. The van der Waals surface area contributed by atoms with Gasteiger partial charge in [0.15, 0.2) is 0 Å². The fraction of sp³-hybridized carbons (Fsp3) is 0.619. The molecule has 6 nitrogen and oxygen atoms in total. The first-order valence-corrected chi connectivity index (χ1v) is 9.88. The standard InChI is InChI=1S/C19H28N2O2.C2HF3O2/c1-18(2,3)23-17(22)21-13-19(14-21)11-7-10-16(19)20-12-15-8-5-4-6-9-15;3-2(4,5)1(6)7/h4-6,8-9,16,20H,7,10-14H2,1-3H3;(H,6,7). The fourth-order valence-electron chi connectivity index (χ4n) is 3.84. The lowest BCUT2D eigenvalue weighted by Gasteiger charge is -2.51. The van der Waals surface area contributed by atoms with Crippen molar-refractivity contribution in [3.63, 3.8) is 0 Å². The highest BCUT2D eigenvalue weighted by Gasteiger charge is 2.53. The zero-order valence-electron chi connectivity index (χ0n) is 17.5. The van der Waals surface area contributed by atoms with Crippen molar-refractivity contribution >= 4 is 12.1 Å². The number of halogens is 3. The minimum Gasteiger partial charge on any atom is -0.475 e. The van der Waals surface area contributed by atoms with Crippen LogP contribution in [-0.2, 0) is 16.1 Å². The van der Waals surface area contributed by atoms with Crippen LogP contribution in [0.3, 0.4) is 0 Å². The Morgan fingerprint density at radius 1 is 1.20 bits per heavy atom. The summed E-state index contributed by atoms with van der Waals surface area (Å²) in [6.07, 6.45) is -1.60. The number of rotatable bonds is 3. The first kappa shape index (κ1) is 24.0. The zero-order chi connectivity index (χ0) is 22.6. The summed E-state index contributed by atoms with van der Waals surface area (Å²) in [5.41, 5.74) is 1.16. The van der Waals surface area contributed by atoms with Crippen LogP contribution in [0.4, 0.5) is 18.0 Å². The van der Waals surface area contributed by atoms with Crippen LogP contribution in [-0.4, -0.2) is 53.0 Å². The molecule has 1 amide bonds. The summed E-state index contributed by atoms with van der Waals surface area (Å²) in [7, 11) is 0. The first-order chi connectivity index (χ1) is 13.8. The summed E-state index contributed by atoms with van der Waals surface area (Å²) < 4.78 is 37.2. The van der Waals surface area contributed by atoms with Crippen molar-refractivity contribution < 1.29 is 32.6 Å². The number of alkyl halides is 3. The van der Waals surface area contributed by atoms with E-state index in [0.717, 1.165) is 19.6 Å². The van der Waals surface area contributed by atoms with Crippen LogP contribution >= 0.6 is 0 Å². The number of nitrogens with zero attached hydrogens (tertiary/aromatic N) is 1. The average molecular weight is 430 g/mol. The molecule has 1 aliphatic heterocycles. The summed E-state index contributed by atoms with van der Waals surface area (Å²) in [6.45, 7) is 8.31. The maximum absolute atomic E-state index is 12.2. The number of hydrogen-bond acceptors (Lipinski definition) is 4. The molecule has 1 spiro atoms. The minimum absolute atomic E-state index is 0.170. The van der Waals surface area contributed by atoms with Crippen molar-refractivity contribution in [2.45, 2.75) is 64.4 Å². The van der Waals surface area contributed by atoms with Crippen molar-refractivity contribution in [3.8, 4) is 0 Å². The Hall–Kier alpha value is -2.29. The lowest BCUT2D eigenvalue weighted by molar-refractivity contribution is -0.192. The maximum Gasteiger partial charge on any atom is 0.490 e. The summed E-state index contributed by atoms with van der Waals surface area (Å²) in [5.74, 6) is -2.76. The van der Waals surface area contributed by atoms with E-state index in [1.807, 2.05) is 31.7 Å². The van der Waals surface area contributed by atoms with Gasteiger partial charge in [0.1, 0.15) is 5.60 Å². The molecule has 9 heteroatoms. The largest absolute Gasteiger partial charge is 0.490 e. The SMILES string of the molecule is CC(C)(C)OC(=O)N1CC2(CCCC2NCc2ccccc2)C1.O=C(O)C(F)(F)F. The number of hydrogen-bond donors (Lipinski definition) is 2. The van der Waals surface area contributed by atoms with Gasteiger partial charge in [-0.25, -0.2) is 9.59 Å². The molecule has 1 unspecified atom stereocenters. The van der Waals surface area contributed by atoms with Crippen molar-refractivity contribution in [3.05, 3.63) is 35.9 Å². The zero-order valence-corrected chi connectivity index (χ0v) is 17.5. The minimum atomic E-state index is -5.08. The van der Waals surface area contributed by atoms with E-state index in [-0.39, 0.29) is 11.5 Å². The molecule has 1 saturated carbocycles. The molecule has 1 aliphatic carbocycles. The number of likely N-dealkylation sites (tertiary alicyclic amines) is 1. The molecule has 2 N–H and O–H groups in total. The molecule has 1 saturated heterocycles. The van der Waals surface area contributed by atoms with Gasteiger partial charge in [-0.1, -0.05) is 36.8 Å². The molecule has 3 rings (SSSR count). The van der Waals surface area contributed by atoms with Gasteiger partial charge in [0.25, 0.3) is 0 Å². The van der Waals surface area contributed by atoms with Crippen LogP contribution in [0.25, 0.3) is 0 Å². The molecule has 1 aromatic rings. The van der Waals surface area contributed by atoms with Gasteiger partial charge in [-0.2, -0.15) is 13.2 Å². The van der Waals surface area contributed by atoms with Crippen LogP contribution in [0.1, 0.15) is 45.6 Å². The van der Waals surface area contributed by atoms with Crippen LogP contribution in [0.2, 0.25) is 0 Å². The Kier molecular flexibility index (Phi) is 7.39. The highest BCUT2D eigenvalue weighted by atomic mass is 19.4. The lowest BCUT2D eigenvalue weighted by Crippen LogP contribution is -2.64. The fourth-order valence-corrected chi connectivity index (χ4v) is 3.84. The Labute approximate surface area is 174 Å². The number of carboxylic acid groups (broad SMARTS) is 1. The smallest absolute Gasteiger partial charge is 0.475 e. The lowest BCUT2D eigenvalue weighted by atomic mass is 9.75. The van der Waals surface area contributed by atoms with E-state index in [1.54, 1.807) is 0 Å². The number of carbonyl (C=O) groups excluding carboxylic acids is 1. The normalized spacial score (nSPS) is 20.2. The van der Waals surface area contributed by atoms with E-state index in [4.69, 9.17) is 14.6 Å². The second kappa shape index (κ2) is 9.24. The topological polar surface area (TPSA) is 78.9 Å². The molecule has 2 aliphatic rings. The third kappa shape index (κ3) is 6.62. The third-order valence-corrected chi connectivity index (χ3v) is 5.21. The van der Waals surface area contributed by atoms with Crippen molar-refractivity contribution in [1.29, 1.82) is 0 Å². The van der Waals surface area contributed by atoms with Crippen LogP contribution in [0.15, 0.2) is 30.3 Å². The molecule has 0 radical (unpaired) electrons. The summed E-state index contributed by atoms with van der Waals surface area (Å²) >= 11 is 0. The van der Waals surface area contributed by atoms with Crippen molar-refractivity contribution in [1.82, 2.24) is 10.2 Å². The number of benzene rings is 1. The second-order valence-electron chi connectivity index (χ2n) is 8.81. The van der Waals surface area contributed by atoms with E-state index < -0.39 is 17.7 Å². The molecule has 1 atom stereocenters. The molecule has 0 aromatic heterocycles. The Bertz CT molecular complexity index is 726. The van der Waals surface area contributed by atoms with Crippen LogP contribution in [0, 0.1) is 5.41 Å². The molecular weight excluding hydrogens is 401 g/mol. The Balaban J connectivity index is 0.000000396. The van der Waals surface area contributed by atoms with Gasteiger partial charge in [0.2, 0.25) is 0 Å². The van der Waals surface area contributed by atoms with Gasteiger partial charge in [-0.15, -0.1) is 0 Å². The molecule has 168 valence electrons. The van der Waals surface area contributed by atoms with Crippen LogP contribution < -0.4 is 5.32 Å². The second-order valence-corrected chi connectivity index (χ2v) is 8.81. The van der Waals surface area contributed by atoms with E-state index in [0.29, 0.717) is 6.04 Å². The predicted molar refractivity (Wildman–Crippen MR) is 105 cm³/mol. The van der Waals surface area contributed by atoms with Gasteiger partial charge in [0.05, 0.1) is 0 Å². The highest BCUT2D eigenvalue weighted by Crippen LogP contribution is 2.46. The maximum atomic E-state index is 12.2. The Morgan fingerprint density at radius 3 is 2.27 bits per heavy atom. The van der Waals surface area contributed by atoms with Gasteiger partial charge < -0.3 is 20.1 Å². The van der Waals surface area contributed by atoms with E-state index in [9.17, 15) is 18.0 Å². The number of carboxylic acids is 1.